The molecule has 6 heteroatoms. The van der Waals surface area contributed by atoms with Crippen molar-refractivity contribution < 1.29 is 14.3 Å². The van der Waals surface area contributed by atoms with Crippen LogP contribution in [0.1, 0.15) is 42.5 Å². The van der Waals surface area contributed by atoms with E-state index in [4.69, 9.17) is 16.3 Å². The van der Waals surface area contributed by atoms with Gasteiger partial charge in [0.25, 0.3) is 5.91 Å². The second-order valence-electron chi connectivity index (χ2n) is 9.19. The van der Waals surface area contributed by atoms with Gasteiger partial charge >= 0.3 is 0 Å². The Morgan fingerprint density at radius 1 is 1.00 bits per heavy atom. The number of halogens is 1. The molecule has 3 aromatic rings. The highest BCUT2D eigenvalue weighted by Crippen LogP contribution is 2.22. The lowest BCUT2D eigenvalue weighted by Crippen LogP contribution is -2.53. The maximum atomic E-state index is 13.7. The number of hydrogen-bond donors (Lipinski definition) is 1. The molecule has 0 aromatic heterocycles. The van der Waals surface area contributed by atoms with Crippen molar-refractivity contribution in [3.05, 3.63) is 100 Å². The molecule has 0 aliphatic heterocycles. The number of aryl methyl sites for hydroxylation is 2. The van der Waals surface area contributed by atoms with Crippen molar-refractivity contribution in [2.45, 2.75) is 59.2 Å². The zero-order valence-corrected chi connectivity index (χ0v) is 22.2. The Kier molecular flexibility index (Phi) is 9.95. The number of ether oxygens (including phenoxy) is 1. The van der Waals surface area contributed by atoms with Crippen molar-refractivity contribution in [3.63, 3.8) is 0 Å². The van der Waals surface area contributed by atoms with E-state index in [-0.39, 0.29) is 31.0 Å². The molecule has 36 heavy (non-hydrogen) atoms. The summed E-state index contributed by atoms with van der Waals surface area (Å²) in [6, 6.07) is 22.3. The number of carbonyl (C=O) groups is 2. The lowest BCUT2D eigenvalue weighted by atomic mass is 10.0. The van der Waals surface area contributed by atoms with Gasteiger partial charge in [-0.25, -0.2) is 0 Å². The molecule has 190 valence electrons. The van der Waals surface area contributed by atoms with Gasteiger partial charge in [-0.2, -0.15) is 0 Å². The maximum Gasteiger partial charge on any atom is 0.261 e. The van der Waals surface area contributed by atoms with Crippen molar-refractivity contribution >= 4 is 23.4 Å². The largest absolute Gasteiger partial charge is 0.483 e. The van der Waals surface area contributed by atoms with Gasteiger partial charge in [0.15, 0.2) is 6.61 Å². The van der Waals surface area contributed by atoms with Crippen LogP contribution in [0.4, 0.5) is 0 Å². The summed E-state index contributed by atoms with van der Waals surface area (Å²) in [7, 11) is 0. The molecule has 2 unspecified atom stereocenters. The topological polar surface area (TPSA) is 58.6 Å². The molecule has 0 fully saturated rings. The van der Waals surface area contributed by atoms with Gasteiger partial charge in [0.05, 0.1) is 0 Å². The van der Waals surface area contributed by atoms with E-state index in [1.54, 1.807) is 11.0 Å². The van der Waals surface area contributed by atoms with Gasteiger partial charge in [0.1, 0.15) is 11.8 Å². The first kappa shape index (κ1) is 27.3. The maximum absolute atomic E-state index is 13.7. The molecule has 0 aliphatic carbocycles. The van der Waals surface area contributed by atoms with Crippen LogP contribution in [0.5, 0.6) is 5.75 Å². The van der Waals surface area contributed by atoms with Crippen molar-refractivity contribution in [1.82, 2.24) is 10.2 Å². The summed E-state index contributed by atoms with van der Waals surface area (Å²) in [6.07, 6.45) is 1.17. The Labute approximate surface area is 219 Å². The highest BCUT2D eigenvalue weighted by Gasteiger charge is 2.31. The first-order valence-corrected chi connectivity index (χ1v) is 12.7. The van der Waals surface area contributed by atoms with E-state index in [2.05, 4.69) is 5.32 Å². The fourth-order valence-electron chi connectivity index (χ4n) is 3.89. The number of benzene rings is 3. The highest BCUT2D eigenvalue weighted by atomic mass is 35.5. The molecule has 3 rings (SSSR count). The Balaban J connectivity index is 1.94. The standard InChI is InChI=1S/C30H35ClN2O3/c1-5-23(4)32-30(35)27(18-24-11-7-6-8-12-24)33(19-25-13-9-10-14-26(25)31)29(34)20-36-28-17-21(2)15-16-22(28)3/h6-17,23,27H,5,18-20H2,1-4H3,(H,32,35). The average Bonchev–Trinajstić information content (AvgIpc) is 2.87. The Morgan fingerprint density at radius 2 is 1.69 bits per heavy atom. The van der Waals surface area contributed by atoms with Crippen LogP contribution in [0.3, 0.4) is 0 Å². The van der Waals surface area contributed by atoms with Crippen LogP contribution in [0, 0.1) is 13.8 Å². The van der Waals surface area contributed by atoms with Crippen LogP contribution < -0.4 is 10.1 Å². The molecule has 0 saturated heterocycles. The number of rotatable bonds is 11. The first-order valence-electron chi connectivity index (χ1n) is 12.4. The van der Waals surface area contributed by atoms with E-state index in [1.165, 1.54) is 0 Å². The van der Waals surface area contributed by atoms with E-state index >= 15 is 0 Å². The SMILES string of the molecule is CCC(C)NC(=O)C(Cc1ccccc1)N(Cc1ccccc1Cl)C(=O)COc1cc(C)ccc1C. The summed E-state index contributed by atoms with van der Waals surface area (Å²) < 4.78 is 5.95. The minimum atomic E-state index is -0.729. The van der Waals surface area contributed by atoms with Gasteiger partial charge in [-0.05, 0) is 61.6 Å². The number of carbonyl (C=O) groups excluding carboxylic acids is 2. The summed E-state index contributed by atoms with van der Waals surface area (Å²) in [5, 5.41) is 3.62. The van der Waals surface area contributed by atoms with Crippen LogP contribution in [-0.4, -0.2) is 35.4 Å². The molecule has 2 atom stereocenters. The van der Waals surface area contributed by atoms with E-state index in [0.717, 1.165) is 28.7 Å². The second kappa shape index (κ2) is 13.1. The van der Waals surface area contributed by atoms with Gasteiger partial charge in [0.2, 0.25) is 5.91 Å². The van der Waals surface area contributed by atoms with Crippen LogP contribution in [0.25, 0.3) is 0 Å². The predicted molar refractivity (Wildman–Crippen MR) is 145 cm³/mol. The van der Waals surface area contributed by atoms with Gasteiger partial charge in [-0.1, -0.05) is 79.2 Å². The molecular formula is C30H35ClN2O3. The molecule has 2 amide bonds. The average molecular weight is 507 g/mol. The van der Waals surface area contributed by atoms with Crippen LogP contribution in [0.15, 0.2) is 72.8 Å². The normalized spacial score (nSPS) is 12.5. The number of hydrogen-bond acceptors (Lipinski definition) is 3. The van der Waals surface area contributed by atoms with Crippen LogP contribution >= 0.6 is 11.6 Å². The van der Waals surface area contributed by atoms with Crippen molar-refractivity contribution in [3.8, 4) is 5.75 Å². The third-order valence-electron chi connectivity index (χ3n) is 6.27. The lowest BCUT2D eigenvalue weighted by Gasteiger charge is -2.32. The van der Waals surface area contributed by atoms with Gasteiger partial charge in [-0.15, -0.1) is 0 Å². The molecule has 0 aliphatic rings. The number of nitrogens with one attached hydrogen (secondary N) is 1. The van der Waals surface area contributed by atoms with Crippen molar-refractivity contribution in [2.24, 2.45) is 0 Å². The fraction of sp³-hybridized carbons (Fsp3) is 0.333. The Bertz CT molecular complexity index is 1170. The Morgan fingerprint density at radius 3 is 2.39 bits per heavy atom. The third-order valence-corrected chi connectivity index (χ3v) is 6.63. The van der Waals surface area contributed by atoms with E-state index < -0.39 is 6.04 Å². The minimum absolute atomic E-state index is 0.0146. The second-order valence-corrected chi connectivity index (χ2v) is 9.60. The zero-order valence-electron chi connectivity index (χ0n) is 21.5. The monoisotopic (exact) mass is 506 g/mol. The van der Waals surface area contributed by atoms with E-state index in [1.807, 2.05) is 94.4 Å². The molecule has 0 bridgehead atoms. The molecule has 0 heterocycles. The number of amides is 2. The smallest absolute Gasteiger partial charge is 0.261 e. The fourth-order valence-corrected chi connectivity index (χ4v) is 4.09. The summed E-state index contributed by atoms with van der Waals surface area (Å²) in [5.41, 5.74) is 3.73. The first-order chi connectivity index (χ1) is 17.3. The van der Waals surface area contributed by atoms with E-state index in [9.17, 15) is 9.59 Å². The summed E-state index contributed by atoms with van der Waals surface area (Å²) >= 11 is 6.47. The minimum Gasteiger partial charge on any atom is -0.483 e. The van der Waals surface area contributed by atoms with Crippen molar-refractivity contribution in [2.75, 3.05) is 6.61 Å². The van der Waals surface area contributed by atoms with Gasteiger partial charge in [-0.3, -0.25) is 9.59 Å². The molecule has 1 N–H and O–H groups in total. The number of nitrogens with zero attached hydrogens (tertiary/aromatic N) is 1. The molecule has 3 aromatic carbocycles. The molecular weight excluding hydrogens is 472 g/mol. The molecule has 0 spiro atoms. The quantitative estimate of drug-likeness (QED) is 0.352. The summed E-state index contributed by atoms with van der Waals surface area (Å²) in [5.74, 6) is 0.182. The van der Waals surface area contributed by atoms with Crippen LogP contribution in [-0.2, 0) is 22.6 Å². The molecule has 5 nitrogen and oxygen atoms in total. The molecule has 0 saturated carbocycles. The van der Waals surface area contributed by atoms with Gasteiger partial charge < -0.3 is 15.0 Å². The Hall–Kier alpha value is -3.31. The zero-order chi connectivity index (χ0) is 26.1. The van der Waals surface area contributed by atoms with E-state index in [0.29, 0.717) is 17.2 Å². The third kappa shape index (κ3) is 7.59. The van der Waals surface area contributed by atoms with Gasteiger partial charge in [0, 0.05) is 24.0 Å². The van der Waals surface area contributed by atoms with Crippen LogP contribution in [0.2, 0.25) is 5.02 Å². The lowest BCUT2D eigenvalue weighted by molar-refractivity contribution is -0.143. The summed E-state index contributed by atoms with van der Waals surface area (Å²) in [4.78, 5) is 28.8. The highest BCUT2D eigenvalue weighted by molar-refractivity contribution is 6.31. The van der Waals surface area contributed by atoms with Crippen molar-refractivity contribution in [1.29, 1.82) is 0 Å². The summed E-state index contributed by atoms with van der Waals surface area (Å²) in [6.45, 7) is 7.91. The molecule has 0 radical (unpaired) electrons. The predicted octanol–water partition coefficient (Wildman–Crippen LogP) is 5.89.